The molecule has 0 unspecified atom stereocenters. The summed E-state index contributed by atoms with van der Waals surface area (Å²) < 4.78 is 40.5. The van der Waals surface area contributed by atoms with Gasteiger partial charge in [0.2, 0.25) is 0 Å². The number of pyridine rings is 1. The second-order valence-corrected chi connectivity index (χ2v) is 8.82. The summed E-state index contributed by atoms with van der Waals surface area (Å²) in [6, 6.07) is 1.34. The third-order valence-corrected chi connectivity index (χ3v) is 5.83. The zero-order chi connectivity index (χ0) is 26.5. The number of aliphatic hydroxyl groups is 1. The number of nitrogens with zero attached hydrogens (tertiary/aromatic N) is 4. The molecule has 36 heavy (non-hydrogen) atoms. The van der Waals surface area contributed by atoms with Crippen molar-refractivity contribution in [2.24, 2.45) is 0 Å². The highest BCUT2D eigenvalue weighted by Gasteiger charge is 2.34. The van der Waals surface area contributed by atoms with Gasteiger partial charge in [-0.25, -0.2) is 4.79 Å². The Morgan fingerprint density at radius 3 is 2.64 bits per heavy atom. The number of amides is 2. The summed E-state index contributed by atoms with van der Waals surface area (Å²) in [5, 5.41) is 15.6. The Morgan fingerprint density at radius 1 is 1.31 bits per heavy atom. The van der Waals surface area contributed by atoms with Gasteiger partial charge in [0, 0.05) is 47.3 Å². The first-order valence-electron chi connectivity index (χ1n) is 10.8. The van der Waals surface area contributed by atoms with E-state index in [1.807, 2.05) is 6.08 Å². The Morgan fingerprint density at radius 2 is 2.06 bits per heavy atom. The van der Waals surface area contributed by atoms with E-state index < -0.39 is 22.8 Å². The Labute approximate surface area is 216 Å². The second-order valence-electron chi connectivity index (χ2n) is 7.96. The predicted octanol–water partition coefficient (Wildman–Crippen LogP) is 5.53. The number of aliphatic hydroxyl groups excluding tert-OH is 1. The van der Waals surface area contributed by atoms with Gasteiger partial charge in [0.15, 0.2) is 0 Å². The molecule has 3 heterocycles. The monoisotopic (exact) mass is 541 g/mol. The summed E-state index contributed by atoms with van der Waals surface area (Å²) in [6.07, 6.45) is 4.74. The molecule has 1 aliphatic rings. The number of aromatic nitrogens is 3. The molecule has 0 aliphatic carbocycles. The maximum absolute atomic E-state index is 12.9. The van der Waals surface area contributed by atoms with Crippen molar-refractivity contribution in [2.45, 2.75) is 26.1 Å². The van der Waals surface area contributed by atoms with Crippen LogP contribution in [0.3, 0.4) is 0 Å². The van der Waals surface area contributed by atoms with E-state index in [-0.39, 0.29) is 18.8 Å². The highest BCUT2D eigenvalue weighted by Crippen LogP contribution is 2.32. The molecule has 192 valence electrons. The highest BCUT2D eigenvalue weighted by atomic mass is 35.5. The number of carbonyl (C=O) groups excluding carboxylic acids is 1. The van der Waals surface area contributed by atoms with Crippen molar-refractivity contribution in [3.05, 3.63) is 76.5 Å². The van der Waals surface area contributed by atoms with Crippen LogP contribution in [0.5, 0.6) is 0 Å². The molecule has 0 saturated carbocycles. The minimum Gasteiger partial charge on any atom is -0.394 e. The van der Waals surface area contributed by atoms with Crippen LogP contribution in [-0.2, 0) is 6.54 Å². The maximum atomic E-state index is 12.9. The lowest BCUT2D eigenvalue weighted by atomic mass is 10.0. The molecule has 3 rings (SSSR count). The maximum Gasteiger partial charge on any atom is 0.417 e. The molecule has 1 aliphatic heterocycles. The lowest BCUT2D eigenvalue weighted by Crippen LogP contribution is -2.41. The molecule has 0 saturated heterocycles. The zero-order valence-corrected chi connectivity index (χ0v) is 20.8. The van der Waals surface area contributed by atoms with Gasteiger partial charge in [-0.3, -0.25) is 9.67 Å². The lowest BCUT2D eigenvalue weighted by Gasteiger charge is -2.27. The van der Waals surface area contributed by atoms with Gasteiger partial charge in [0.05, 0.1) is 35.6 Å². The van der Waals surface area contributed by atoms with Crippen LogP contribution in [0.4, 0.5) is 18.0 Å². The second kappa shape index (κ2) is 11.8. The molecule has 0 spiro atoms. The normalized spacial score (nSPS) is 15.1. The van der Waals surface area contributed by atoms with Gasteiger partial charge >= 0.3 is 12.2 Å². The van der Waals surface area contributed by atoms with Crippen LogP contribution >= 0.6 is 23.2 Å². The summed E-state index contributed by atoms with van der Waals surface area (Å²) in [5.74, 6) is 0. The first kappa shape index (κ1) is 27.5. The van der Waals surface area contributed by atoms with E-state index in [2.05, 4.69) is 22.0 Å². The summed E-state index contributed by atoms with van der Waals surface area (Å²) in [5.41, 5.74) is 2.24. The van der Waals surface area contributed by atoms with Crippen LogP contribution in [-0.4, -0.2) is 56.7 Å². The van der Waals surface area contributed by atoms with Gasteiger partial charge in [-0.2, -0.15) is 18.3 Å². The Balaban J connectivity index is 1.65. The van der Waals surface area contributed by atoms with Gasteiger partial charge in [0.25, 0.3) is 0 Å². The van der Waals surface area contributed by atoms with E-state index in [9.17, 15) is 18.0 Å². The summed E-state index contributed by atoms with van der Waals surface area (Å²) in [4.78, 5) is 18.6. The third-order valence-electron chi connectivity index (χ3n) is 5.34. The molecule has 0 bridgehead atoms. The summed E-state index contributed by atoms with van der Waals surface area (Å²) in [6.45, 7) is 5.63. The highest BCUT2D eigenvalue weighted by molar-refractivity contribution is 6.32. The number of carbonyl (C=O) groups is 1. The number of nitrogens with one attached hydrogen (secondary N) is 1. The molecule has 2 N–H and O–H groups in total. The lowest BCUT2D eigenvalue weighted by molar-refractivity contribution is -0.0885. The molecule has 2 aromatic heterocycles. The van der Waals surface area contributed by atoms with Crippen molar-refractivity contribution in [1.29, 1.82) is 0 Å². The number of hydrogen-bond donors (Lipinski definition) is 2. The van der Waals surface area contributed by atoms with E-state index in [0.717, 1.165) is 28.9 Å². The van der Waals surface area contributed by atoms with E-state index in [1.165, 1.54) is 11.8 Å². The Bertz CT molecular complexity index is 1230. The van der Waals surface area contributed by atoms with Crippen LogP contribution in [0.1, 0.15) is 19.0 Å². The topological polar surface area (TPSA) is 83.3 Å². The van der Waals surface area contributed by atoms with Crippen molar-refractivity contribution >= 4 is 34.8 Å². The first-order chi connectivity index (χ1) is 17.0. The molecule has 12 heteroatoms. The fourth-order valence-corrected chi connectivity index (χ4v) is 3.93. The summed E-state index contributed by atoms with van der Waals surface area (Å²) >= 11 is 11.9. The molecule has 0 radical (unpaired) electrons. The molecule has 2 aromatic rings. The van der Waals surface area contributed by atoms with Crippen LogP contribution in [0.25, 0.3) is 16.7 Å². The van der Waals surface area contributed by atoms with Gasteiger partial charge in [-0.05, 0) is 37.1 Å². The van der Waals surface area contributed by atoms with Crippen molar-refractivity contribution in [3.63, 3.8) is 0 Å². The zero-order valence-electron chi connectivity index (χ0n) is 19.3. The molecular weight excluding hydrogens is 518 g/mol. The third kappa shape index (κ3) is 6.99. The number of hydrogen-bond acceptors (Lipinski definition) is 4. The van der Waals surface area contributed by atoms with Crippen molar-refractivity contribution in [2.75, 3.05) is 19.7 Å². The standard InChI is InChI=1S/C24H24Cl2F3N5O2/c1-15(3-4-20(16(2)25)24(27,28)29)32-23(36)33-7-5-17(6-8-33)22-21(26)11-18(12-30-22)19-13-31-34(14-19)9-10-35/h3-5,11-14,35H,2,6-10H2,1H3,(H,32,36)/b15-3+,20-4+. The number of rotatable bonds is 7. The molecule has 0 fully saturated rings. The fourth-order valence-electron chi connectivity index (χ4n) is 3.47. The Kier molecular flexibility index (Phi) is 8.99. The predicted molar refractivity (Wildman–Crippen MR) is 133 cm³/mol. The minimum absolute atomic E-state index is 0.0155. The van der Waals surface area contributed by atoms with Crippen LogP contribution in [0.15, 0.2) is 65.8 Å². The number of alkyl halides is 3. The van der Waals surface area contributed by atoms with Gasteiger partial charge in [-0.1, -0.05) is 35.9 Å². The van der Waals surface area contributed by atoms with E-state index >= 15 is 0 Å². The average Bonchev–Trinajstić information content (AvgIpc) is 3.27. The van der Waals surface area contributed by atoms with Crippen molar-refractivity contribution in [3.8, 4) is 11.1 Å². The molecular formula is C24H24Cl2F3N5O2. The van der Waals surface area contributed by atoms with Crippen molar-refractivity contribution < 1.29 is 23.1 Å². The van der Waals surface area contributed by atoms with Crippen molar-refractivity contribution in [1.82, 2.24) is 25.0 Å². The number of halogens is 5. The number of allylic oxidation sites excluding steroid dienone is 5. The van der Waals surface area contributed by atoms with Crippen LogP contribution < -0.4 is 5.32 Å². The largest absolute Gasteiger partial charge is 0.417 e. The van der Waals surface area contributed by atoms with Gasteiger partial charge < -0.3 is 15.3 Å². The summed E-state index contributed by atoms with van der Waals surface area (Å²) in [7, 11) is 0. The smallest absolute Gasteiger partial charge is 0.394 e. The Hall–Kier alpha value is -3.08. The van der Waals surface area contributed by atoms with E-state index in [1.54, 1.807) is 29.3 Å². The van der Waals surface area contributed by atoms with E-state index in [0.29, 0.717) is 30.2 Å². The molecule has 2 amide bonds. The minimum atomic E-state index is -4.65. The molecule has 7 nitrogen and oxygen atoms in total. The van der Waals surface area contributed by atoms with Crippen LogP contribution in [0, 0.1) is 0 Å². The SMILES string of the molecule is C=C(Cl)/C(=C\C=C(/C)NC(=O)N1CC=C(c2ncc(-c3cnn(CCO)c3)cc2Cl)CC1)C(F)(F)F. The van der Waals surface area contributed by atoms with Crippen LogP contribution in [0.2, 0.25) is 5.02 Å². The number of urea groups is 1. The molecule has 0 atom stereocenters. The quantitative estimate of drug-likeness (QED) is 0.451. The van der Waals surface area contributed by atoms with Gasteiger partial charge in [-0.15, -0.1) is 0 Å². The van der Waals surface area contributed by atoms with Gasteiger partial charge in [0.1, 0.15) is 0 Å². The fraction of sp³-hybridized carbons (Fsp3) is 0.292. The van der Waals surface area contributed by atoms with E-state index in [4.69, 9.17) is 28.3 Å². The molecule has 0 aromatic carbocycles. The first-order valence-corrected chi connectivity index (χ1v) is 11.6. The average molecular weight is 542 g/mol.